The third-order valence-corrected chi connectivity index (χ3v) is 2.40. The molecule has 7 nitrogen and oxygen atoms in total. The van der Waals surface area contributed by atoms with Crippen LogP contribution in [0.25, 0.3) is 0 Å². The summed E-state index contributed by atoms with van der Waals surface area (Å²) in [6.45, 7) is 1.16. The van der Waals surface area contributed by atoms with E-state index < -0.39 is 18.0 Å². The number of nitrogens with one attached hydrogen (secondary N) is 3. The second kappa shape index (κ2) is 7.83. The van der Waals surface area contributed by atoms with Crippen LogP contribution >= 0.6 is 0 Å². The summed E-state index contributed by atoms with van der Waals surface area (Å²) in [5.74, 6) is -0.616. The molecule has 1 aromatic rings. The zero-order valence-electron chi connectivity index (χ0n) is 11.7. The van der Waals surface area contributed by atoms with E-state index in [0.29, 0.717) is 11.4 Å². The molecule has 0 spiro atoms. The van der Waals surface area contributed by atoms with Gasteiger partial charge in [0, 0.05) is 38.7 Å². The van der Waals surface area contributed by atoms with Crippen molar-refractivity contribution >= 4 is 29.4 Å². The predicted octanol–water partition coefficient (Wildman–Crippen LogP) is 1.66. The van der Waals surface area contributed by atoms with Gasteiger partial charge in [0.1, 0.15) is 0 Å². The molecular formula is C13H16FN3O4. The van der Waals surface area contributed by atoms with Crippen LogP contribution in [-0.4, -0.2) is 31.6 Å². The zero-order valence-corrected chi connectivity index (χ0v) is 11.7. The molecule has 2 amide bonds. The standard InChI is InChI=1S/C13H16FN3O4/c1-8(18)21-11-7-9(3-4-10(11)15-2)17-12(19)5-6-16-13(14)20/h3-4,7,15H,5-6H2,1-2H3,(H,16,20)(H,17,19). The van der Waals surface area contributed by atoms with E-state index in [4.69, 9.17) is 4.74 Å². The van der Waals surface area contributed by atoms with Crippen molar-refractivity contribution in [1.29, 1.82) is 0 Å². The van der Waals surface area contributed by atoms with Crippen molar-refractivity contribution < 1.29 is 23.5 Å². The Morgan fingerprint density at radius 2 is 2.00 bits per heavy atom. The van der Waals surface area contributed by atoms with E-state index in [0.717, 1.165) is 0 Å². The number of hydrogen-bond acceptors (Lipinski definition) is 5. The SMILES string of the molecule is CNc1ccc(NC(=O)CCNC(=O)F)cc1OC(C)=O. The van der Waals surface area contributed by atoms with Gasteiger partial charge >= 0.3 is 12.1 Å². The molecule has 0 saturated carbocycles. The van der Waals surface area contributed by atoms with Crippen molar-refractivity contribution in [2.75, 3.05) is 24.2 Å². The van der Waals surface area contributed by atoms with Crippen LogP contribution in [0.4, 0.5) is 20.6 Å². The minimum Gasteiger partial charge on any atom is -0.424 e. The van der Waals surface area contributed by atoms with Crippen LogP contribution in [0.3, 0.4) is 0 Å². The van der Waals surface area contributed by atoms with Crippen molar-refractivity contribution in [2.45, 2.75) is 13.3 Å². The summed E-state index contributed by atoms with van der Waals surface area (Å²) in [7, 11) is 1.67. The Balaban J connectivity index is 2.68. The van der Waals surface area contributed by atoms with Crippen LogP contribution in [0, 0.1) is 0 Å². The molecule has 1 aromatic carbocycles. The van der Waals surface area contributed by atoms with E-state index in [2.05, 4.69) is 10.6 Å². The highest BCUT2D eigenvalue weighted by atomic mass is 19.1. The van der Waals surface area contributed by atoms with E-state index in [1.165, 1.54) is 13.0 Å². The smallest absolute Gasteiger partial charge is 0.397 e. The molecule has 0 aliphatic heterocycles. The summed E-state index contributed by atoms with van der Waals surface area (Å²) in [5.41, 5.74) is 1.01. The van der Waals surface area contributed by atoms with Crippen molar-refractivity contribution in [1.82, 2.24) is 5.32 Å². The molecule has 0 heterocycles. The molecule has 0 aliphatic rings. The second-order valence-corrected chi connectivity index (χ2v) is 4.05. The quantitative estimate of drug-likeness (QED) is 0.321. The topological polar surface area (TPSA) is 96.5 Å². The average molecular weight is 297 g/mol. The number of ether oxygens (including phenoxy) is 1. The fraction of sp³-hybridized carbons (Fsp3) is 0.308. The van der Waals surface area contributed by atoms with Crippen LogP contribution < -0.4 is 20.7 Å². The lowest BCUT2D eigenvalue weighted by Gasteiger charge is -2.11. The van der Waals surface area contributed by atoms with Crippen LogP contribution in [0.15, 0.2) is 18.2 Å². The van der Waals surface area contributed by atoms with E-state index in [1.54, 1.807) is 19.2 Å². The third kappa shape index (κ3) is 5.89. The number of anilines is 2. The molecule has 0 bridgehead atoms. The molecule has 0 unspecified atom stereocenters. The fourth-order valence-electron chi connectivity index (χ4n) is 1.54. The largest absolute Gasteiger partial charge is 0.424 e. The summed E-state index contributed by atoms with van der Waals surface area (Å²) < 4.78 is 16.9. The van der Waals surface area contributed by atoms with Gasteiger partial charge in [-0.05, 0) is 12.1 Å². The highest BCUT2D eigenvalue weighted by Gasteiger charge is 2.09. The average Bonchev–Trinajstić information content (AvgIpc) is 2.37. The van der Waals surface area contributed by atoms with Gasteiger partial charge in [0.2, 0.25) is 5.91 Å². The molecule has 0 fully saturated rings. The molecule has 0 aliphatic carbocycles. The number of rotatable bonds is 6. The number of hydrogen-bond donors (Lipinski definition) is 3. The maximum Gasteiger partial charge on any atom is 0.397 e. The summed E-state index contributed by atoms with van der Waals surface area (Å²) in [6, 6.07) is 4.74. The summed E-state index contributed by atoms with van der Waals surface area (Å²) in [6.07, 6.45) is -1.76. The van der Waals surface area contributed by atoms with Crippen LogP contribution in [0.5, 0.6) is 5.75 Å². The highest BCUT2D eigenvalue weighted by molar-refractivity contribution is 5.91. The number of benzene rings is 1. The van der Waals surface area contributed by atoms with Crippen molar-refractivity contribution in [3.05, 3.63) is 18.2 Å². The van der Waals surface area contributed by atoms with Gasteiger partial charge in [0.05, 0.1) is 5.69 Å². The number of halogens is 1. The van der Waals surface area contributed by atoms with Crippen LogP contribution in [-0.2, 0) is 9.59 Å². The fourth-order valence-corrected chi connectivity index (χ4v) is 1.54. The lowest BCUT2D eigenvalue weighted by Crippen LogP contribution is -2.23. The Kier molecular flexibility index (Phi) is 6.12. The Hall–Kier alpha value is -2.64. The maximum atomic E-state index is 11.9. The minimum atomic E-state index is -1.68. The summed E-state index contributed by atoms with van der Waals surface area (Å²) >= 11 is 0. The zero-order chi connectivity index (χ0) is 15.8. The molecule has 8 heteroatoms. The maximum absolute atomic E-state index is 11.9. The first-order valence-corrected chi connectivity index (χ1v) is 6.15. The van der Waals surface area contributed by atoms with Gasteiger partial charge in [-0.3, -0.25) is 9.59 Å². The van der Waals surface area contributed by atoms with E-state index in [1.807, 2.05) is 5.32 Å². The molecule has 21 heavy (non-hydrogen) atoms. The number of esters is 1. The van der Waals surface area contributed by atoms with Gasteiger partial charge < -0.3 is 20.7 Å². The van der Waals surface area contributed by atoms with E-state index in [-0.39, 0.29) is 18.7 Å². The van der Waals surface area contributed by atoms with Gasteiger partial charge in [0.25, 0.3) is 0 Å². The summed E-state index contributed by atoms with van der Waals surface area (Å²) in [5, 5.41) is 7.27. The first-order valence-electron chi connectivity index (χ1n) is 6.15. The van der Waals surface area contributed by atoms with Crippen molar-refractivity contribution in [2.24, 2.45) is 0 Å². The molecule has 1 rings (SSSR count). The molecule has 114 valence electrons. The monoisotopic (exact) mass is 297 g/mol. The molecule has 0 saturated heterocycles. The number of amides is 2. The van der Waals surface area contributed by atoms with Gasteiger partial charge in [-0.2, -0.15) is 0 Å². The van der Waals surface area contributed by atoms with Gasteiger partial charge in [0.15, 0.2) is 5.75 Å². The van der Waals surface area contributed by atoms with Gasteiger partial charge in [-0.25, -0.2) is 4.79 Å². The summed E-state index contributed by atoms with van der Waals surface area (Å²) in [4.78, 5) is 32.6. The van der Waals surface area contributed by atoms with Crippen molar-refractivity contribution in [3.63, 3.8) is 0 Å². The second-order valence-electron chi connectivity index (χ2n) is 4.05. The molecule has 3 N–H and O–H groups in total. The van der Waals surface area contributed by atoms with Gasteiger partial charge in [-0.1, -0.05) is 0 Å². The predicted molar refractivity (Wildman–Crippen MR) is 75.1 cm³/mol. The number of carbonyl (C=O) groups is 3. The lowest BCUT2D eigenvalue weighted by atomic mass is 10.2. The highest BCUT2D eigenvalue weighted by Crippen LogP contribution is 2.28. The van der Waals surface area contributed by atoms with E-state index >= 15 is 0 Å². The Morgan fingerprint density at radius 1 is 1.29 bits per heavy atom. The Morgan fingerprint density at radius 3 is 2.57 bits per heavy atom. The molecule has 0 radical (unpaired) electrons. The first kappa shape index (κ1) is 16.4. The third-order valence-electron chi connectivity index (χ3n) is 2.40. The van der Waals surface area contributed by atoms with E-state index in [9.17, 15) is 18.8 Å². The Labute approximate surface area is 120 Å². The molecular weight excluding hydrogens is 281 g/mol. The molecule has 0 atom stereocenters. The number of carbonyl (C=O) groups excluding carboxylic acids is 3. The van der Waals surface area contributed by atoms with Crippen LogP contribution in [0.1, 0.15) is 13.3 Å². The van der Waals surface area contributed by atoms with Gasteiger partial charge in [-0.15, -0.1) is 4.39 Å². The lowest BCUT2D eigenvalue weighted by molar-refractivity contribution is -0.131. The van der Waals surface area contributed by atoms with Crippen LogP contribution in [0.2, 0.25) is 0 Å². The molecule has 0 aromatic heterocycles. The minimum absolute atomic E-state index is 0.0770. The Bertz CT molecular complexity index is 548. The normalized spacial score (nSPS) is 9.67. The van der Waals surface area contributed by atoms with Crippen molar-refractivity contribution in [3.8, 4) is 5.75 Å². The first-order chi connectivity index (χ1) is 9.92.